The predicted octanol–water partition coefficient (Wildman–Crippen LogP) is -0.166. The standard InChI is InChI=1S/C11H18N2O4/c1-3-8(11(16)17)12-10(15)7-5-9(14)13(4-2)6-7/h7-8H,3-6H2,1-2H3,(H,12,15)(H,16,17)/t7?,8-/m0/s1. The number of carboxylic acid groups (broad SMARTS) is 1. The third kappa shape index (κ3) is 3.18. The molecule has 2 atom stereocenters. The average molecular weight is 242 g/mol. The number of carbonyl (C=O) groups excluding carboxylic acids is 2. The molecule has 1 unspecified atom stereocenters. The Balaban J connectivity index is 2.55. The van der Waals surface area contributed by atoms with E-state index >= 15 is 0 Å². The zero-order valence-electron chi connectivity index (χ0n) is 10.1. The molecule has 17 heavy (non-hydrogen) atoms. The first-order valence-corrected chi connectivity index (χ1v) is 5.80. The maximum atomic E-state index is 11.8. The molecule has 1 heterocycles. The highest BCUT2D eigenvalue weighted by molar-refractivity contribution is 5.91. The van der Waals surface area contributed by atoms with Crippen LogP contribution in [0, 0.1) is 5.92 Å². The van der Waals surface area contributed by atoms with E-state index in [-0.39, 0.29) is 18.2 Å². The molecule has 0 aromatic heterocycles. The lowest BCUT2D eigenvalue weighted by atomic mass is 10.1. The van der Waals surface area contributed by atoms with E-state index in [2.05, 4.69) is 5.32 Å². The van der Waals surface area contributed by atoms with Crippen molar-refractivity contribution in [1.29, 1.82) is 0 Å². The summed E-state index contributed by atoms with van der Waals surface area (Å²) in [4.78, 5) is 35.6. The van der Waals surface area contributed by atoms with Crippen LogP contribution < -0.4 is 5.32 Å². The van der Waals surface area contributed by atoms with Crippen LogP contribution in [0.15, 0.2) is 0 Å². The molecule has 2 amide bonds. The van der Waals surface area contributed by atoms with Gasteiger partial charge in [-0.2, -0.15) is 0 Å². The topological polar surface area (TPSA) is 86.7 Å². The Morgan fingerprint density at radius 3 is 2.59 bits per heavy atom. The molecular formula is C11H18N2O4. The molecule has 6 heteroatoms. The minimum Gasteiger partial charge on any atom is -0.480 e. The van der Waals surface area contributed by atoms with E-state index in [4.69, 9.17) is 5.11 Å². The van der Waals surface area contributed by atoms with Crippen LogP contribution in [0.1, 0.15) is 26.7 Å². The third-order valence-electron chi connectivity index (χ3n) is 2.99. The molecule has 0 aromatic rings. The van der Waals surface area contributed by atoms with Crippen molar-refractivity contribution in [3.63, 3.8) is 0 Å². The molecule has 96 valence electrons. The van der Waals surface area contributed by atoms with Crippen molar-refractivity contribution in [2.45, 2.75) is 32.7 Å². The van der Waals surface area contributed by atoms with Gasteiger partial charge < -0.3 is 15.3 Å². The second-order valence-corrected chi connectivity index (χ2v) is 4.14. The minimum atomic E-state index is -1.04. The van der Waals surface area contributed by atoms with Gasteiger partial charge in [0.15, 0.2) is 0 Å². The molecular weight excluding hydrogens is 224 g/mol. The number of hydrogen-bond acceptors (Lipinski definition) is 3. The van der Waals surface area contributed by atoms with Gasteiger partial charge in [-0.1, -0.05) is 6.92 Å². The minimum absolute atomic E-state index is 0.0453. The summed E-state index contributed by atoms with van der Waals surface area (Å²) in [6.07, 6.45) is 0.509. The number of carboxylic acids is 1. The van der Waals surface area contributed by atoms with Crippen LogP contribution in [0.3, 0.4) is 0 Å². The summed E-state index contributed by atoms with van der Waals surface area (Å²) in [5.74, 6) is -1.85. The molecule has 0 spiro atoms. The van der Waals surface area contributed by atoms with Crippen molar-refractivity contribution < 1.29 is 19.5 Å². The molecule has 1 rings (SSSR count). The number of hydrogen-bond donors (Lipinski definition) is 2. The van der Waals surface area contributed by atoms with Crippen LogP contribution in [0.25, 0.3) is 0 Å². The maximum Gasteiger partial charge on any atom is 0.326 e. The van der Waals surface area contributed by atoms with Crippen molar-refractivity contribution in [1.82, 2.24) is 10.2 Å². The van der Waals surface area contributed by atoms with Crippen molar-refractivity contribution in [2.75, 3.05) is 13.1 Å². The molecule has 1 aliphatic heterocycles. The predicted molar refractivity (Wildman–Crippen MR) is 60.2 cm³/mol. The highest BCUT2D eigenvalue weighted by Gasteiger charge is 2.34. The van der Waals surface area contributed by atoms with Gasteiger partial charge in [0.05, 0.1) is 5.92 Å². The van der Waals surface area contributed by atoms with Crippen LogP contribution in [-0.2, 0) is 14.4 Å². The summed E-state index contributed by atoms with van der Waals surface area (Å²) in [6.45, 7) is 4.51. The van der Waals surface area contributed by atoms with Gasteiger partial charge in [-0.3, -0.25) is 9.59 Å². The third-order valence-corrected chi connectivity index (χ3v) is 2.99. The summed E-state index contributed by atoms with van der Waals surface area (Å²) < 4.78 is 0. The van der Waals surface area contributed by atoms with E-state index in [0.717, 1.165) is 0 Å². The van der Waals surface area contributed by atoms with E-state index in [1.165, 1.54) is 0 Å². The average Bonchev–Trinajstić information content (AvgIpc) is 2.66. The number of carbonyl (C=O) groups is 3. The zero-order chi connectivity index (χ0) is 13.0. The Morgan fingerprint density at radius 1 is 1.53 bits per heavy atom. The Morgan fingerprint density at radius 2 is 2.18 bits per heavy atom. The molecule has 2 N–H and O–H groups in total. The molecule has 0 radical (unpaired) electrons. The van der Waals surface area contributed by atoms with Crippen molar-refractivity contribution in [3.8, 4) is 0 Å². The van der Waals surface area contributed by atoms with Crippen LogP contribution in [0.4, 0.5) is 0 Å². The Hall–Kier alpha value is -1.59. The molecule has 0 saturated carbocycles. The summed E-state index contributed by atoms with van der Waals surface area (Å²) in [5.41, 5.74) is 0. The summed E-state index contributed by atoms with van der Waals surface area (Å²) in [7, 11) is 0. The molecule has 0 bridgehead atoms. The number of nitrogens with zero attached hydrogens (tertiary/aromatic N) is 1. The SMILES string of the molecule is CC[C@H](NC(=O)C1CC(=O)N(CC)C1)C(=O)O. The molecule has 0 aliphatic carbocycles. The highest BCUT2D eigenvalue weighted by Crippen LogP contribution is 2.17. The van der Waals surface area contributed by atoms with Gasteiger partial charge in [0, 0.05) is 19.5 Å². The Labute approximate surface area is 100.0 Å². The number of amides is 2. The molecule has 0 aromatic carbocycles. The summed E-state index contributed by atoms with van der Waals surface area (Å²) in [6, 6.07) is -0.867. The van der Waals surface area contributed by atoms with Crippen LogP contribution in [0.2, 0.25) is 0 Å². The molecule has 1 saturated heterocycles. The maximum absolute atomic E-state index is 11.8. The Bertz CT molecular complexity index is 329. The van der Waals surface area contributed by atoms with Gasteiger partial charge in [0.2, 0.25) is 11.8 Å². The number of nitrogens with one attached hydrogen (secondary N) is 1. The second kappa shape index (κ2) is 5.65. The zero-order valence-corrected chi connectivity index (χ0v) is 10.1. The van der Waals surface area contributed by atoms with Crippen LogP contribution in [-0.4, -0.2) is 46.9 Å². The van der Waals surface area contributed by atoms with E-state index in [1.807, 2.05) is 6.92 Å². The smallest absolute Gasteiger partial charge is 0.326 e. The summed E-state index contributed by atoms with van der Waals surface area (Å²) in [5, 5.41) is 11.3. The van der Waals surface area contributed by atoms with Gasteiger partial charge in [-0.25, -0.2) is 4.79 Å². The molecule has 1 fully saturated rings. The van der Waals surface area contributed by atoms with Crippen molar-refractivity contribution in [2.24, 2.45) is 5.92 Å². The first-order valence-electron chi connectivity index (χ1n) is 5.80. The highest BCUT2D eigenvalue weighted by atomic mass is 16.4. The first kappa shape index (κ1) is 13.5. The second-order valence-electron chi connectivity index (χ2n) is 4.14. The van der Waals surface area contributed by atoms with E-state index in [1.54, 1.807) is 11.8 Å². The fourth-order valence-electron chi connectivity index (χ4n) is 1.88. The molecule has 1 aliphatic rings. The van der Waals surface area contributed by atoms with Gasteiger partial charge >= 0.3 is 5.97 Å². The van der Waals surface area contributed by atoms with Gasteiger partial charge in [0.25, 0.3) is 0 Å². The lowest BCUT2D eigenvalue weighted by Gasteiger charge is -2.16. The largest absolute Gasteiger partial charge is 0.480 e. The van der Waals surface area contributed by atoms with Crippen LogP contribution in [0.5, 0.6) is 0 Å². The van der Waals surface area contributed by atoms with Gasteiger partial charge in [0.1, 0.15) is 6.04 Å². The van der Waals surface area contributed by atoms with E-state index in [0.29, 0.717) is 19.5 Å². The molecule has 6 nitrogen and oxygen atoms in total. The lowest BCUT2D eigenvalue weighted by molar-refractivity contribution is -0.142. The fourth-order valence-corrected chi connectivity index (χ4v) is 1.88. The van der Waals surface area contributed by atoms with Crippen LogP contribution >= 0.6 is 0 Å². The number of rotatable bonds is 5. The monoisotopic (exact) mass is 242 g/mol. The van der Waals surface area contributed by atoms with E-state index in [9.17, 15) is 14.4 Å². The fraction of sp³-hybridized carbons (Fsp3) is 0.727. The van der Waals surface area contributed by atoms with Gasteiger partial charge in [-0.15, -0.1) is 0 Å². The summed E-state index contributed by atoms with van der Waals surface area (Å²) >= 11 is 0. The number of likely N-dealkylation sites (tertiary alicyclic amines) is 1. The first-order chi connectivity index (χ1) is 7.99. The van der Waals surface area contributed by atoms with Gasteiger partial charge in [-0.05, 0) is 13.3 Å². The number of aliphatic carboxylic acids is 1. The Kier molecular flexibility index (Phi) is 4.48. The quantitative estimate of drug-likeness (QED) is 0.701. The normalized spacial score (nSPS) is 21.4. The van der Waals surface area contributed by atoms with Crippen molar-refractivity contribution in [3.05, 3.63) is 0 Å². The lowest BCUT2D eigenvalue weighted by Crippen LogP contribution is -2.43. The van der Waals surface area contributed by atoms with Crippen molar-refractivity contribution >= 4 is 17.8 Å². The van der Waals surface area contributed by atoms with E-state index < -0.39 is 17.9 Å².